The zero-order valence-electron chi connectivity index (χ0n) is 15.8. The molecule has 140 valence electrons. The first-order valence-electron chi connectivity index (χ1n) is 9.59. The van der Waals surface area contributed by atoms with Crippen molar-refractivity contribution in [3.63, 3.8) is 0 Å². The van der Waals surface area contributed by atoms with Crippen molar-refractivity contribution in [2.24, 2.45) is 7.05 Å². The van der Waals surface area contributed by atoms with Crippen molar-refractivity contribution in [3.05, 3.63) is 72.1 Å². The molecule has 1 aliphatic heterocycles. The minimum Gasteiger partial charge on any atom is -0.316 e. The van der Waals surface area contributed by atoms with Gasteiger partial charge in [-0.05, 0) is 37.6 Å². The third-order valence-corrected chi connectivity index (χ3v) is 5.29. The SMILES string of the molecule is Cn1c(Cn2cccn2)nnc1C1CCN(C/C=C/c2ccccc2)CC1. The summed E-state index contributed by atoms with van der Waals surface area (Å²) in [6.07, 6.45) is 10.5. The number of likely N-dealkylation sites (tertiary alicyclic amines) is 1. The number of hydrogen-bond donors (Lipinski definition) is 0. The maximum atomic E-state index is 4.49. The fraction of sp³-hybridized carbons (Fsp3) is 0.381. The largest absolute Gasteiger partial charge is 0.316 e. The van der Waals surface area contributed by atoms with E-state index in [0.717, 1.165) is 44.1 Å². The van der Waals surface area contributed by atoms with Gasteiger partial charge in [0.05, 0.1) is 0 Å². The molecular weight excluding hydrogens is 336 g/mol. The molecule has 0 atom stereocenters. The molecule has 27 heavy (non-hydrogen) atoms. The van der Waals surface area contributed by atoms with E-state index < -0.39 is 0 Å². The zero-order chi connectivity index (χ0) is 18.5. The molecule has 0 aliphatic carbocycles. The third kappa shape index (κ3) is 4.34. The van der Waals surface area contributed by atoms with Crippen molar-refractivity contribution < 1.29 is 0 Å². The minimum atomic E-state index is 0.489. The fourth-order valence-electron chi connectivity index (χ4n) is 3.68. The van der Waals surface area contributed by atoms with Crippen molar-refractivity contribution >= 4 is 6.08 Å². The van der Waals surface area contributed by atoms with E-state index in [1.165, 1.54) is 5.56 Å². The van der Waals surface area contributed by atoms with Crippen molar-refractivity contribution in [3.8, 4) is 0 Å². The number of nitrogens with zero attached hydrogens (tertiary/aromatic N) is 6. The smallest absolute Gasteiger partial charge is 0.154 e. The summed E-state index contributed by atoms with van der Waals surface area (Å²) in [7, 11) is 2.07. The lowest BCUT2D eigenvalue weighted by Gasteiger charge is -2.30. The molecule has 0 saturated carbocycles. The molecule has 3 aromatic rings. The van der Waals surface area contributed by atoms with Crippen LogP contribution in [0.25, 0.3) is 6.08 Å². The Hall–Kier alpha value is -2.73. The van der Waals surface area contributed by atoms with Crippen LogP contribution in [0, 0.1) is 0 Å². The Labute approximate surface area is 160 Å². The predicted molar refractivity (Wildman–Crippen MR) is 106 cm³/mol. The zero-order valence-corrected chi connectivity index (χ0v) is 15.8. The van der Waals surface area contributed by atoms with Gasteiger partial charge < -0.3 is 4.57 Å². The summed E-state index contributed by atoms with van der Waals surface area (Å²) in [6.45, 7) is 3.88. The van der Waals surface area contributed by atoms with Crippen molar-refractivity contribution in [2.75, 3.05) is 19.6 Å². The average molecular weight is 362 g/mol. The number of hydrogen-bond acceptors (Lipinski definition) is 4. The van der Waals surface area contributed by atoms with E-state index in [4.69, 9.17) is 0 Å². The summed E-state index contributed by atoms with van der Waals surface area (Å²) in [5.74, 6) is 2.56. The standard InChI is InChI=1S/C21H26N6/c1-25-20(17-27-14-6-12-22-27)23-24-21(25)19-10-15-26(16-11-19)13-5-9-18-7-3-2-4-8-18/h2-9,12,14,19H,10-11,13,15-17H2,1H3/b9-5+. The first-order valence-corrected chi connectivity index (χ1v) is 9.59. The van der Waals surface area contributed by atoms with Gasteiger partial charge in [0.15, 0.2) is 5.82 Å². The van der Waals surface area contributed by atoms with Crippen molar-refractivity contribution in [1.82, 2.24) is 29.4 Å². The topological polar surface area (TPSA) is 51.8 Å². The third-order valence-electron chi connectivity index (χ3n) is 5.29. The molecule has 1 fully saturated rings. The number of rotatable bonds is 6. The molecule has 0 bridgehead atoms. The molecule has 1 saturated heterocycles. The lowest BCUT2D eigenvalue weighted by Crippen LogP contribution is -2.33. The molecule has 6 heteroatoms. The van der Waals surface area contributed by atoms with Gasteiger partial charge in [-0.3, -0.25) is 9.58 Å². The van der Waals surface area contributed by atoms with Crippen LogP contribution in [-0.2, 0) is 13.6 Å². The molecular formula is C21H26N6. The molecule has 1 aliphatic rings. The Morgan fingerprint density at radius 1 is 1.07 bits per heavy atom. The number of aromatic nitrogens is 5. The van der Waals surface area contributed by atoms with Crippen molar-refractivity contribution in [2.45, 2.75) is 25.3 Å². The van der Waals surface area contributed by atoms with E-state index in [0.29, 0.717) is 12.5 Å². The second-order valence-corrected chi connectivity index (χ2v) is 7.13. The van der Waals surface area contributed by atoms with Crippen LogP contribution in [0.2, 0.25) is 0 Å². The van der Waals surface area contributed by atoms with Gasteiger partial charge in [0.1, 0.15) is 12.4 Å². The van der Waals surface area contributed by atoms with E-state index in [1.807, 2.05) is 16.9 Å². The lowest BCUT2D eigenvalue weighted by atomic mass is 9.96. The molecule has 0 unspecified atom stereocenters. The molecule has 0 amide bonds. The van der Waals surface area contributed by atoms with E-state index in [2.05, 4.69) is 74.3 Å². The molecule has 6 nitrogen and oxygen atoms in total. The summed E-state index contributed by atoms with van der Waals surface area (Å²) < 4.78 is 4.03. The highest BCUT2D eigenvalue weighted by Crippen LogP contribution is 2.26. The first-order chi connectivity index (χ1) is 13.3. The van der Waals surface area contributed by atoms with Crippen LogP contribution in [-0.4, -0.2) is 49.1 Å². The quantitative estimate of drug-likeness (QED) is 0.676. The van der Waals surface area contributed by atoms with Crippen molar-refractivity contribution in [1.29, 1.82) is 0 Å². The highest BCUT2D eigenvalue weighted by atomic mass is 15.3. The van der Waals surface area contributed by atoms with E-state index in [1.54, 1.807) is 6.20 Å². The Kier molecular flexibility index (Phi) is 5.44. The van der Waals surface area contributed by atoms with Crippen LogP contribution in [0.4, 0.5) is 0 Å². The van der Waals surface area contributed by atoms with Crippen LogP contribution in [0.1, 0.15) is 36.0 Å². The molecule has 1 aromatic carbocycles. The molecule has 0 spiro atoms. The second-order valence-electron chi connectivity index (χ2n) is 7.13. The van der Waals surface area contributed by atoms with Gasteiger partial charge >= 0.3 is 0 Å². The van der Waals surface area contributed by atoms with Gasteiger partial charge in [0.25, 0.3) is 0 Å². The van der Waals surface area contributed by atoms with Gasteiger partial charge in [0, 0.05) is 31.9 Å². The van der Waals surface area contributed by atoms with Gasteiger partial charge in [-0.15, -0.1) is 10.2 Å². The van der Waals surface area contributed by atoms with Crippen LogP contribution < -0.4 is 0 Å². The maximum absolute atomic E-state index is 4.49. The summed E-state index contributed by atoms with van der Waals surface area (Å²) in [6, 6.07) is 12.4. The highest BCUT2D eigenvalue weighted by Gasteiger charge is 2.24. The van der Waals surface area contributed by atoms with Gasteiger partial charge in [-0.2, -0.15) is 5.10 Å². The summed E-state index contributed by atoms with van der Waals surface area (Å²) >= 11 is 0. The average Bonchev–Trinajstić information content (AvgIpc) is 3.34. The summed E-state index contributed by atoms with van der Waals surface area (Å²) in [4.78, 5) is 2.51. The van der Waals surface area contributed by atoms with Crippen LogP contribution in [0.5, 0.6) is 0 Å². The van der Waals surface area contributed by atoms with Gasteiger partial charge in [0.2, 0.25) is 0 Å². The van der Waals surface area contributed by atoms with Crippen LogP contribution in [0.15, 0.2) is 54.9 Å². The van der Waals surface area contributed by atoms with Gasteiger partial charge in [-0.1, -0.05) is 42.5 Å². The Balaban J connectivity index is 1.30. The van der Waals surface area contributed by atoms with Crippen LogP contribution >= 0.6 is 0 Å². The minimum absolute atomic E-state index is 0.489. The monoisotopic (exact) mass is 362 g/mol. The first kappa shape index (κ1) is 17.7. The molecule has 2 aromatic heterocycles. The number of benzene rings is 1. The second kappa shape index (κ2) is 8.31. The fourth-order valence-corrected chi connectivity index (χ4v) is 3.68. The summed E-state index contributed by atoms with van der Waals surface area (Å²) in [5.41, 5.74) is 1.26. The Bertz CT molecular complexity index is 857. The van der Waals surface area contributed by atoms with Crippen LogP contribution in [0.3, 0.4) is 0 Å². The van der Waals surface area contributed by atoms with Gasteiger partial charge in [-0.25, -0.2) is 0 Å². The highest BCUT2D eigenvalue weighted by molar-refractivity contribution is 5.48. The lowest BCUT2D eigenvalue weighted by molar-refractivity contribution is 0.227. The molecule has 0 radical (unpaired) electrons. The molecule has 0 N–H and O–H groups in total. The van der Waals surface area contributed by atoms with E-state index >= 15 is 0 Å². The Morgan fingerprint density at radius 3 is 2.63 bits per heavy atom. The predicted octanol–water partition coefficient (Wildman–Crippen LogP) is 2.95. The molecule has 3 heterocycles. The Morgan fingerprint density at radius 2 is 1.89 bits per heavy atom. The molecule has 4 rings (SSSR count). The summed E-state index contributed by atoms with van der Waals surface area (Å²) in [5, 5.41) is 13.1. The normalized spacial score (nSPS) is 16.3. The van der Waals surface area contributed by atoms with E-state index in [-0.39, 0.29) is 0 Å². The number of piperidine rings is 1. The van der Waals surface area contributed by atoms with E-state index in [9.17, 15) is 0 Å². The maximum Gasteiger partial charge on any atom is 0.154 e.